The summed E-state index contributed by atoms with van der Waals surface area (Å²) in [5, 5.41) is 16.7. The molecule has 158 valence electrons. The molecule has 0 saturated heterocycles. The van der Waals surface area contributed by atoms with Gasteiger partial charge in [0.15, 0.2) is 0 Å². The minimum absolute atomic E-state index is 0.168. The summed E-state index contributed by atoms with van der Waals surface area (Å²) in [5.74, 6) is -1.22. The maximum atomic E-state index is 13.5. The molecule has 1 amide bonds. The zero-order chi connectivity index (χ0) is 22.4. The summed E-state index contributed by atoms with van der Waals surface area (Å²) in [4.78, 5) is 26.5. The van der Waals surface area contributed by atoms with Crippen molar-refractivity contribution in [3.05, 3.63) is 105 Å². The van der Waals surface area contributed by atoms with Gasteiger partial charge in [0, 0.05) is 21.3 Å². The predicted octanol–water partition coefficient (Wildman–Crippen LogP) is 5.60. The van der Waals surface area contributed by atoms with E-state index in [1.807, 2.05) is 55.5 Å². The summed E-state index contributed by atoms with van der Waals surface area (Å²) in [6.45, 7) is 2.02. The molecule has 0 fully saturated rings. The minimum Gasteiger partial charge on any atom is -0.478 e. The molecule has 4 aromatic rings. The number of aryl methyl sites for hydroxylation is 1. The number of aromatic carboxylic acids is 1. The third kappa shape index (κ3) is 3.31. The van der Waals surface area contributed by atoms with Gasteiger partial charge in [-0.25, -0.2) is 4.79 Å². The Hall–Kier alpha value is -3.71. The van der Waals surface area contributed by atoms with Gasteiger partial charge in [-0.15, -0.1) is 0 Å². The molecule has 0 aliphatic carbocycles. The number of aromatic nitrogens is 2. The number of hydrogen-bond acceptors (Lipinski definition) is 3. The molecular weight excluding hydrogens is 470 g/mol. The average molecular weight is 488 g/mol. The van der Waals surface area contributed by atoms with Gasteiger partial charge in [0.25, 0.3) is 5.91 Å². The number of halogens is 1. The predicted molar refractivity (Wildman–Crippen MR) is 125 cm³/mol. The van der Waals surface area contributed by atoms with E-state index in [4.69, 9.17) is 0 Å². The normalized spacial score (nSPS) is 15.1. The van der Waals surface area contributed by atoms with Crippen LogP contribution in [0, 0.1) is 6.92 Å². The molecule has 0 saturated carbocycles. The maximum absolute atomic E-state index is 13.5. The van der Waals surface area contributed by atoms with E-state index in [2.05, 4.69) is 26.1 Å². The molecule has 5 rings (SSSR count). The number of carbonyl (C=O) groups is 2. The summed E-state index contributed by atoms with van der Waals surface area (Å²) >= 11 is 3.47. The number of nitrogens with zero attached hydrogens (tertiary/aromatic N) is 2. The molecule has 6 nitrogen and oxygen atoms in total. The zero-order valence-corrected chi connectivity index (χ0v) is 18.6. The van der Waals surface area contributed by atoms with Crippen LogP contribution in [0.1, 0.15) is 43.6 Å². The van der Waals surface area contributed by atoms with Crippen molar-refractivity contribution in [2.75, 3.05) is 4.90 Å². The standard InChI is InChI=1S/C25H18BrN3O3/c1-14-2-4-15(5-3-14)21-20-22(28-27-21)24(30)29(19-12-8-17(9-13-19)25(31)32)23(20)16-6-10-18(26)11-7-16/h2-13,23H,1H3,(H,27,28)(H,31,32). The van der Waals surface area contributed by atoms with E-state index < -0.39 is 12.0 Å². The highest BCUT2D eigenvalue weighted by Crippen LogP contribution is 2.45. The Morgan fingerprint density at radius 3 is 2.28 bits per heavy atom. The molecule has 0 bridgehead atoms. The topological polar surface area (TPSA) is 86.3 Å². The largest absolute Gasteiger partial charge is 0.478 e. The molecule has 1 aliphatic heterocycles. The van der Waals surface area contributed by atoms with Crippen molar-refractivity contribution in [2.45, 2.75) is 13.0 Å². The number of benzene rings is 3. The van der Waals surface area contributed by atoms with Crippen molar-refractivity contribution in [1.29, 1.82) is 0 Å². The summed E-state index contributed by atoms with van der Waals surface area (Å²) in [6.07, 6.45) is 0. The quantitative estimate of drug-likeness (QED) is 0.392. The van der Waals surface area contributed by atoms with Crippen molar-refractivity contribution >= 4 is 33.5 Å². The third-order valence-corrected chi connectivity index (χ3v) is 6.20. The highest BCUT2D eigenvalue weighted by Gasteiger charge is 2.43. The number of fused-ring (bicyclic) bond motifs is 1. The second kappa shape index (κ2) is 7.76. The van der Waals surface area contributed by atoms with Gasteiger partial charge in [0.2, 0.25) is 0 Å². The highest BCUT2D eigenvalue weighted by atomic mass is 79.9. The lowest BCUT2D eigenvalue weighted by atomic mass is 9.95. The number of amides is 1. The third-order valence-electron chi connectivity index (χ3n) is 5.67. The van der Waals surface area contributed by atoms with Crippen LogP contribution in [0.15, 0.2) is 77.3 Å². The Balaban J connectivity index is 1.68. The number of carboxylic acid groups (broad SMARTS) is 1. The Morgan fingerprint density at radius 1 is 1.00 bits per heavy atom. The maximum Gasteiger partial charge on any atom is 0.335 e. The van der Waals surface area contributed by atoms with Gasteiger partial charge >= 0.3 is 5.97 Å². The second-order valence-corrected chi connectivity index (χ2v) is 8.62. The number of anilines is 1. The summed E-state index contributed by atoms with van der Waals surface area (Å²) < 4.78 is 0.939. The van der Waals surface area contributed by atoms with Crippen LogP contribution in [0.2, 0.25) is 0 Å². The van der Waals surface area contributed by atoms with Crippen LogP contribution < -0.4 is 4.90 Å². The molecule has 0 radical (unpaired) electrons. The summed E-state index contributed by atoms with van der Waals surface area (Å²) in [6, 6.07) is 21.8. The van der Waals surface area contributed by atoms with E-state index in [0.29, 0.717) is 11.4 Å². The molecule has 1 aliphatic rings. The van der Waals surface area contributed by atoms with E-state index in [1.165, 1.54) is 12.1 Å². The van der Waals surface area contributed by atoms with Gasteiger partial charge in [-0.1, -0.05) is 57.9 Å². The van der Waals surface area contributed by atoms with Crippen molar-refractivity contribution < 1.29 is 14.7 Å². The molecule has 0 spiro atoms. The van der Waals surface area contributed by atoms with Crippen LogP contribution in [0.3, 0.4) is 0 Å². The Morgan fingerprint density at radius 2 is 1.66 bits per heavy atom. The van der Waals surface area contributed by atoms with Crippen molar-refractivity contribution in [3.63, 3.8) is 0 Å². The molecule has 7 heteroatoms. The monoisotopic (exact) mass is 487 g/mol. The number of aromatic amines is 1. The zero-order valence-electron chi connectivity index (χ0n) is 17.0. The van der Waals surface area contributed by atoms with Gasteiger partial charge in [0.1, 0.15) is 5.69 Å². The molecule has 2 heterocycles. The fourth-order valence-corrected chi connectivity index (χ4v) is 4.33. The first-order valence-electron chi connectivity index (χ1n) is 10.0. The molecule has 1 unspecified atom stereocenters. The van der Waals surface area contributed by atoms with Gasteiger partial charge in [-0.2, -0.15) is 5.10 Å². The van der Waals surface area contributed by atoms with E-state index in [1.54, 1.807) is 17.0 Å². The Labute approximate surface area is 192 Å². The van der Waals surface area contributed by atoms with Crippen LogP contribution in [0.25, 0.3) is 11.3 Å². The Kier molecular flexibility index (Phi) is 4.90. The lowest BCUT2D eigenvalue weighted by Gasteiger charge is -2.26. The smallest absolute Gasteiger partial charge is 0.335 e. The summed E-state index contributed by atoms with van der Waals surface area (Å²) in [5.41, 5.74) is 5.75. The fourth-order valence-electron chi connectivity index (χ4n) is 4.07. The first-order chi connectivity index (χ1) is 15.4. The van der Waals surface area contributed by atoms with Crippen LogP contribution in [0.4, 0.5) is 5.69 Å². The first kappa shape index (κ1) is 20.2. The van der Waals surface area contributed by atoms with E-state index in [-0.39, 0.29) is 11.5 Å². The van der Waals surface area contributed by atoms with Gasteiger partial charge in [-0.05, 0) is 48.9 Å². The van der Waals surface area contributed by atoms with Gasteiger partial charge < -0.3 is 5.11 Å². The number of H-pyrrole nitrogens is 1. The fraction of sp³-hybridized carbons (Fsp3) is 0.0800. The number of hydrogen-bond donors (Lipinski definition) is 2. The molecular formula is C25H18BrN3O3. The lowest BCUT2D eigenvalue weighted by Crippen LogP contribution is -2.29. The molecule has 1 atom stereocenters. The van der Waals surface area contributed by atoms with E-state index >= 15 is 0 Å². The molecule has 3 aromatic carbocycles. The van der Waals surface area contributed by atoms with Crippen LogP contribution in [-0.4, -0.2) is 27.2 Å². The second-order valence-electron chi connectivity index (χ2n) is 7.71. The van der Waals surface area contributed by atoms with Crippen LogP contribution in [-0.2, 0) is 0 Å². The number of carbonyl (C=O) groups excluding carboxylic acids is 1. The molecule has 2 N–H and O–H groups in total. The van der Waals surface area contributed by atoms with Crippen molar-refractivity contribution in [2.24, 2.45) is 0 Å². The lowest BCUT2D eigenvalue weighted by molar-refractivity contribution is 0.0696. The molecule has 1 aromatic heterocycles. The van der Waals surface area contributed by atoms with Crippen LogP contribution in [0.5, 0.6) is 0 Å². The first-order valence-corrected chi connectivity index (χ1v) is 10.8. The summed E-state index contributed by atoms with van der Waals surface area (Å²) in [7, 11) is 0. The van der Waals surface area contributed by atoms with Crippen molar-refractivity contribution in [1.82, 2.24) is 10.2 Å². The van der Waals surface area contributed by atoms with Crippen molar-refractivity contribution in [3.8, 4) is 11.3 Å². The van der Waals surface area contributed by atoms with Gasteiger partial charge in [-0.3, -0.25) is 14.8 Å². The number of nitrogens with one attached hydrogen (secondary N) is 1. The SMILES string of the molecule is Cc1ccc(-c2n[nH]c3c2C(c2ccc(Br)cc2)N(c2ccc(C(=O)O)cc2)C3=O)cc1. The highest BCUT2D eigenvalue weighted by molar-refractivity contribution is 9.10. The van der Waals surface area contributed by atoms with Crippen LogP contribution >= 0.6 is 15.9 Å². The van der Waals surface area contributed by atoms with E-state index in [9.17, 15) is 14.7 Å². The van der Waals surface area contributed by atoms with Gasteiger partial charge in [0.05, 0.1) is 17.3 Å². The van der Waals surface area contributed by atoms with E-state index in [0.717, 1.165) is 32.4 Å². The average Bonchev–Trinajstić information content (AvgIpc) is 3.34. The Bertz CT molecular complexity index is 1330. The number of carboxylic acids is 1. The molecule has 32 heavy (non-hydrogen) atoms. The number of rotatable bonds is 4. The minimum atomic E-state index is -1.01.